The average Bonchev–Trinajstić information content (AvgIpc) is 3.08. The summed E-state index contributed by atoms with van der Waals surface area (Å²) in [5.41, 5.74) is 0. The van der Waals surface area contributed by atoms with Gasteiger partial charge in [-0.25, -0.2) is 4.39 Å². The number of hydrogen-bond donors (Lipinski definition) is 2. The van der Waals surface area contributed by atoms with Gasteiger partial charge in [0.1, 0.15) is 6.10 Å². The molecular weight excluding hydrogens is 440 g/mol. The maximum absolute atomic E-state index is 13.6. The molecule has 2 rings (SSSR count). The van der Waals surface area contributed by atoms with E-state index in [0.717, 1.165) is 0 Å². The predicted octanol–water partition coefficient (Wildman–Crippen LogP) is 4.20. The summed E-state index contributed by atoms with van der Waals surface area (Å²) in [6.45, 7) is 4.48. The standard InChI is InChI=1S/C17H22FN3OS.HI/c1-12(22-15-8-5-4-7-14(15)18)11-20-17(19-3)21-13(2)16-9-6-10-23-16;/h4-10,12-13H,11H2,1-3H3,(H2,19,20,21);1H. The van der Waals surface area contributed by atoms with Gasteiger partial charge in [0.25, 0.3) is 0 Å². The van der Waals surface area contributed by atoms with E-state index in [1.54, 1.807) is 36.6 Å². The van der Waals surface area contributed by atoms with Gasteiger partial charge in [0.15, 0.2) is 17.5 Å². The number of ether oxygens (including phenoxy) is 1. The lowest BCUT2D eigenvalue weighted by molar-refractivity contribution is 0.214. The number of aliphatic imine (C=N–C) groups is 1. The van der Waals surface area contributed by atoms with Gasteiger partial charge in [-0.15, -0.1) is 35.3 Å². The van der Waals surface area contributed by atoms with Gasteiger partial charge in [-0.05, 0) is 37.4 Å². The number of halogens is 2. The summed E-state index contributed by atoms with van der Waals surface area (Å²) in [4.78, 5) is 5.44. The van der Waals surface area contributed by atoms with Crippen LogP contribution >= 0.6 is 35.3 Å². The van der Waals surface area contributed by atoms with Crippen molar-refractivity contribution in [3.63, 3.8) is 0 Å². The first kappa shape index (κ1) is 20.7. The molecule has 0 fully saturated rings. The van der Waals surface area contributed by atoms with E-state index in [0.29, 0.717) is 12.5 Å². The third kappa shape index (κ3) is 6.27. The van der Waals surface area contributed by atoms with E-state index in [9.17, 15) is 4.39 Å². The molecule has 24 heavy (non-hydrogen) atoms. The van der Waals surface area contributed by atoms with Crippen LogP contribution in [0.2, 0.25) is 0 Å². The third-order valence-corrected chi connectivity index (χ3v) is 4.32. The third-order valence-electron chi connectivity index (χ3n) is 3.27. The fraction of sp³-hybridized carbons (Fsp3) is 0.353. The number of para-hydroxylation sites is 1. The summed E-state index contributed by atoms with van der Waals surface area (Å²) >= 11 is 1.70. The van der Waals surface area contributed by atoms with Gasteiger partial charge >= 0.3 is 0 Å². The highest BCUT2D eigenvalue weighted by atomic mass is 127. The van der Waals surface area contributed by atoms with E-state index in [-0.39, 0.29) is 47.7 Å². The zero-order valence-corrected chi connectivity index (χ0v) is 17.1. The normalized spacial score (nSPS) is 13.6. The molecule has 2 unspecified atom stereocenters. The van der Waals surface area contributed by atoms with Crippen molar-refractivity contribution in [2.75, 3.05) is 13.6 Å². The van der Waals surface area contributed by atoms with Crippen LogP contribution in [0, 0.1) is 5.82 Å². The van der Waals surface area contributed by atoms with E-state index < -0.39 is 0 Å². The average molecular weight is 463 g/mol. The van der Waals surface area contributed by atoms with Crippen LogP contribution < -0.4 is 15.4 Å². The summed E-state index contributed by atoms with van der Waals surface area (Å²) in [5.74, 6) is 0.597. The first-order valence-corrected chi connectivity index (χ1v) is 8.40. The second kappa shape index (κ2) is 10.5. The molecule has 0 bridgehead atoms. The van der Waals surface area contributed by atoms with Gasteiger partial charge in [0.05, 0.1) is 12.6 Å². The summed E-state index contributed by atoms with van der Waals surface area (Å²) in [5, 5.41) is 8.57. The number of nitrogens with zero attached hydrogens (tertiary/aromatic N) is 1. The Morgan fingerprint density at radius 3 is 2.62 bits per heavy atom. The number of thiophene rings is 1. The molecule has 0 spiro atoms. The van der Waals surface area contributed by atoms with Crippen molar-refractivity contribution in [3.05, 3.63) is 52.5 Å². The Morgan fingerprint density at radius 1 is 1.25 bits per heavy atom. The van der Waals surface area contributed by atoms with Crippen LogP contribution in [0.5, 0.6) is 5.75 Å². The largest absolute Gasteiger partial charge is 0.486 e. The molecular formula is C17H23FIN3OS. The van der Waals surface area contributed by atoms with E-state index in [2.05, 4.69) is 28.6 Å². The monoisotopic (exact) mass is 463 g/mol. The summed E-state index contributed by atoms with van der Waals surface area (Å²) < 4.78 is 19.2. The lowest BCUT2D eigenvalue weighted by atomic mass is 10.3. The van der Waals surface area contributed by atoms with Crippen molar-refractivity contribution >= 4 is 41.3 Å². The minimum Gasteiger partial charge on any atom is -0.486 e. The van der Waals surface area contributed by atoms with Gasteiger partial charge in [-0.2, -0.15) is 0 Å². The van der Waals surface area contributed by atoms with Crippen LogP contribution in [0.4, 0.5) is 4.39 Å². The molecule has 7 heteroatoms. The van der Waals surface area contributed by atoms with E-state index >= 15 is 0 Å². The van der Waals surface area contributed by atoms with Crippen LogP contribution in [0.25, 0.3) is 0 Å². The molecule has 0 radical (unpaired) electrons. The zero-order valence-electron chi connectivity index (χ0n) is 14.0. The van der Waals surface area contributed by atoms with Crippen molar-refractivity contribution in [1.29, 1.82) is 0 Å². The Kier molecular flexibility index (Phi) is 9.05. The Balaban J connectivity index is 0.00000288. The first-order chi connectivity index (χ1) is 11.1. The predicted molar refractivity (Wildman–Crippen MR) is 109 cm³/mol. The molecule has 2 atom stereocenters. The lowest BCUT2D eigenvalue weighted by Gasteiger charge is -2.20. The molecule has 0 saturated carbocycles. The fourth-order valence-corrected chi connectivity index (χ4v) is 2.78. The zero-order chi connectivity index (χ0) is 16.7. The SMILES string of the molecule is CN=C(NCC(C)Oc1ccccc1F)NC(C)c1cccs1.I. The van der Waals surface area contributed by atoms with Crippen LogP contribution in [0.15, 0.2) is 46.8 Å². The molecule has 0 aliphatic heterocycles. The molecule has 0 aliphatic rings. The fourth-order valence-electron chi connectivity index (χ4n) is 2.05. The Morgan fingerprint density at radius 2 is 2.00 bits per heavy atom. The maximum Gasteiger partial charge on any atom is 0.191 e. The van der Waals surface area contributed by atoms with Crippen molar-refractivity contribution in [2.24, 2.45) is 4.99 Å². The van der Waals surface area contributed by atoms with Crippen LogP contribution in [0.3, 0.4) is 0 Å². The molecule has 2 N–H and O–H groups in total. The molecule has 0 amide bonds. The lowest BCUT2D eigenvalue weighted by Crippen LogP contribution is -2.42. The van der Waals surface area contributed by atoms with Crippen molar-refractivity contribution in [2.45, 2.75) is 26.0 Å². The van der Waals surface area contributed by atoms with Crippen LogP contribution in [0.1, 0.15) is 24.8 Å². The minimum absolute atomic E-state index is 0. The molecule has 132 valence electrons. The Labute approximate surface area is 163 Å². The number of guanidine groups is 1. The quantitative estimate of drug-likeness (QED) is 0.384. The summed E-state index contributed by atoms with van der Waals surface area (Å²) in [7, 11) is 1.72. The van der Waals surface area contributed by atoms with Crippen molar-refractivity contribution in [3.8, 4) is 5.75 Å². The minimum atomic E-state index is -0.354. The van der Waals surface area contributed by atoms with Crippen molar-refractivity contribution < 1.29 is 9.13 Å². The van der Waals surface area contributed by atoms with Crippen molar-refractivity contribution in [1.82, 2.24) is 10.6 Å². The Bertz CT molecular complexity index is 637. The number of rotatable bonds is 6. The highest BCUT2D eigenvalue weighted by Crippen LogP contribution is 2.18. The number of hydrogen-bond acceptors (Lipinski definition) is 3. The topological polar surface area (TPSA) is 45.7 Å². The molecule has 4 nitrogen and oxygen atoms in total. The highest BCUT2D eigenvalue weighted by Gasteiger charge is 2.11. The van der Waals surface area contributed by atoms with Gasteiger partial charge in [0.2, 0.25) is 0 Å². The van der Waals surface area contributed by atoms with Gasteiger partial charge < -0.3 is 15.4 Å². The molecule has 0 aliphatic carbocycles. The maximum atomic E-state index is 13.6. The molecule has 2 aromatic rings. The van der Waals surface area contributed by atoms with E-state index in [1.807, 2.05) is 18.4 Å². The van der Waals surface area contributed by atoms with E-state index in [4.69, 9.17) is 4.74 Å². The molecule has 1 heterocycles. The van der Waals surface area contributed by atoms with Crippen LogP contribution in [-0.2, 0) is 0 Å². The summed E-state index contributed by atoms with van der Waals surface area (Å²) in [6.07, 6.45) is -0.192. The smallest absolute Gasteiger partial charge is 0.191 e. The molecule has 1 aromatic heterocycles. The number of nitrogens with one attached hydrogen (secondary N) is 2. The molecule has 1 aromatic carbocycles. The van der Waals surface area contributed by atoms with Gasteiger partial charge in [0, 0.05) is 11.9 Å². The van der Waals surface area contributed by atoms with Gasteiger partial charge in [-0.1, -0.05) is 18.2 Å². The first-order valence-electron chi connectivity index (χ1n) is 7.52. The van der Waals surface area contributed by atoms with Crippen LogP contribution in [-0.4, -0.2) is 25.7 Å². The molecule has 0 saturated heterocycles. The Hall–Kier alpha value is -1.35. The summed E-state index contributed by atoms with van der Waals surface area (Å²) in [6, 6.07) is 10.7. The van der Waals surface area contributed by atoms with E-state index in [1.165, 1.54) is 10.9 Å². The number of benzene rings is 1. The van der Waals surface area contributed by atoms with Gasteiger partial charge in [-0.3, -0.25) is 4.99 Å². The highest BCUT2D eigenvalue weighted by molar-refractivity contribution is 14.0. The second-order valence-corrected chi connectivity index (χ2v) is 6.17. The second-order valence-electron chi connectivity index (χ2n) is 5.19.